The summed E-state index contributed by atoms with van der Waals surface area (Å²) in [7, 11) is 4.79. The van der Waals surface area contributed by atoms with Crippen LogP contribution in [0, 0.1) is 6.92 Å². The first-order valence-corrected chi connectivity index (χ1v) is 13.5. The minimum absolute atomic E-state index is 0.286. The number of allylic oxidation sites excluding steroid dienone is 1. The van der Waals surface area contributed by atoms with Crippen molar-refractivity contribution in [3.63, 3.8) is 0 Å². The number of methoxy groups -OCH3 is 1. The molecule has 8 N–H and O–H groups in total. The Morgan fingerprint density at radius 2 is 1.93 bits per heavy atom. The highest BCUT2D eigenvalue weighted by Crippen LogP contribution is 2.26. The predicted molar refractivity (Wildman–Crippen MR) is 161 cm³/mol. The number of nitrogens with two attached hydrogens (primary N) is 3. The summed E-state index contributed by atoms with van der Waals surface area (Å²) < 4.78 is 10.8. The molecule has 0 saturated heterocycles. The summed E-state index contributed by atoms with van der Waals surface area (Å²) in [6.07, 6.45) is 4.51. The Bertz CT molecular complexity index is 1730. The van der Waals surface area contributed by atoms with Crippen LogP contribution in [-0.4, -0.2) is 62.9 Å². The summed E-state index contributed by atoms with van der Waals surface area (Å²) in [4.78, 5) is 40.8. The summed E-state index contributed by atoms with van der Waals surface area (Å²) in [5.74, 6) is -0.566. The van der Waals surface area contributed by atoms with Crippen LogP contribution in [0.5, 0.6) is 5.75 Å². The highest BCUT2D eigenvalue weighted by atomic mass is 16.5. The van der Waals surface area contributed by atoms with Gasteiger partial charge in [-0.2, -0.15) is 15.6 Å². The van der Waals surface area contributed by atoms with E-state index in [1.807, 2.05) is 30.6 Å². The molecule has 2 aromatic heterocycles. The lowest BCUT2D eigenvalue weighted by Crippen LogP contribution is -2.74. The Hall–Kier alpha value is -5.05. The number of rotatable bonds is 11. The van der Waals surface area contributed by atoms with Crippen LogP contribution in [-0.2, 0) is 20.1 Å². The van der Waals surface area contributed by atoms with E-state index in [1.165, 1.54) is 20.2 Å². The normalized spacial score (nSPS) is 11.5. The van der Waals surface area contributed by atoms with Gasteiger partial charge in [0.25, 0.3) is 5.91 Å². The highest BCUT2D eigenvalue weighted by Gasteiger charge is 2.18. The maximum atomic E-state index is 13.3. The summed E-state index contributed by atoms with van der Waals surface area (Å²) >= 11 is 0. The molecule has 2 heterocycles. The lowest BCUT2D eigenvalue weighted by molar-refractivity contribution is -0.825. The van der Waals surface area contributed by atoms with Crippen molar-refractivity contribution in [2.45, 2.75) is 26.9 Å². The van der Waals surface area contributed by atoms with Gasteiger partial charge in [0.15, 0.2) is 5.69 Å². The van der Waals surface area contributed by atoms with Gasteiger partial charge in [-0.15, -0.1) is 0 Å². The average Bonchev–Trinajstić information content (AvgIpc) is 3.53. The van der Waals surface area contributed by atoms with Gasteiger partial charge in [-0.05, 0) is 51.2 Å². The average molecular weight is 593 g/mol. The molecule has 0 fully saturated rings. The van der Waals surface area contributed by atoms with Crippen LogP contribution in [0.4, 0.5) is 11.4 Å². The molecule has 4 aromatic rings. The van der Waals surface area contributed by atoms with Crippen LogP contribution in [0.25, 0.3) is 11.0 Å². The molecule has 4 rings (SSSR count). The maximum absolute atomic E-state index is 13.3. The van der Waals surface area contributed by atoms with Crippen LogP contribution in [0.2, 0.25) is 0 Å². The molecule has 14 heteroatoms. The number of nitrogens with zero attached hydrogens (tertiary/aromatic N) is 5. The summed E-state index contributed by atoms with van der Waals surface area (Å²) in [6, 6.07) is 9.80. The number of carbonyl (C=O) groups excluding carboxylic acids is 3. The van der Waals surface area contributed by atoms with E-state index in [-0.39, 0.29) is 5.56 Å². The number of aryl methyl sites for hydroxylation is 3. The minimum Gasteiger partial charge on any atom is -0.494 e. The number of nitrogens with one attached hydrogen (secondary N) is 1. The number of amides is 2. The van der Waals surface area contributed by atoms with Crippen LogP contribution in [0.3, 0.4) is 0 Å². The largest absolute Gasteiger partial charge is 0.494 e. The highest BCUT2D eigenvalue weighted by molar-refractivity contribution is 5.95. The molecule has 0 atom stereocenters. The zero-order valence-electron chi connectivity index (χ0n) is 24.9. The van der Waals surface area contributed by atoms with E-state index in [9.17, 15) is 19.6 Å². The third kappa shape index (κ3) is 7.06. The number of aldehydes is 1. The van der Waals surface area contributed by atoms with Gasteiger partial charge in [0.1, 0.15) is 23.2 Å². The first-order chi connectivity index (χ1) is 20.7. The van der Waals surface area contributed by atoms with Gasteiger partial charge < -0.3 is 30.7 Å². The fourth-order valence-corrected chi connectivity index (χ4v) is 4.58. The van der Waals surface area contributed by atoms with Gasteiger partial charge in [-0.3, -0.25) is 19.1 Å². The van der Waals surface area contributed by atoms with Gasteiger partial charge >= 0.3 is 0 Å². The van der Waals surface area contributed by atoms with E-state index >= 15 is 0 Å². The molecule has 2 amide bonds. The molecule has 0 radical (unpaired) electrons. The molecule has 228 valence electrons. The van der Waals surface area contributed by atoms with E-state index in [1.54, 1.807) is 46.6 Å². The molecule has 0 saturated carbocycles. The number of primary amides is 1. The van der Waals surface area contributed by atoms with Crippen molar-refractivity contribution in [3.8, 4) is 5.75 Å². The molecule has 2 aromatic carbocycles. The number of benzene rings is 2. The lowest BCUT2D eigenvalue weighted by Gasteiger charge is -2.08. The Balaban J connectivity index is 0.00000248. The van der Waals surface area contributed by atoms with Crippen molar-refractivity contribution in [3.05, 3.63) is 76.7 Å². The van der Waals surface area contributed by atoms with Gasteiger partial charge in [0.05, 0.1) is 24.0 Å². The van der Waals surface area contributed by atoms with Gasteiger partial charge in [-0.1, -0.05) is 12.2 Å². The fraction of sp³-hybridized carbons (Fsp3) is 0.276. The summed E-state index contributed by atoms with van der Waals surface area (Å²) in [5.41, 5.74) is 15.3. The molecule has 43 heavy (non-hydrogen) atoms. The van der Waals surface area contributed by atoms with E-state index in [2.05, 4.69) is 21.1 Å². The smallest absolute Gasteiger partial charge is 0.298 e. The summed E-state index contributed by atoms with van der Waals surface area (Å²) in [6.45, 7) is 4.96. The Kier molecular flexibility index (Phi) is 11.1. The van der Waals surface area contributed by atoms with E-state index in [4.69, 9.17) is 10.5 Å². The molecule has 0 spiro atoms. The zero-order chi connectivity index (χ0) is 31.7. The van der Waals surface area contributed by atoms with Crippen LogP contribution in [0.1, 0.15) is 43.8 Å². The topological polar surface area (TPSA) is 201 Å². The Morgan fingerprint density at radius 3 is 2.56 bits per heavy atom. The van der Waals surface area contributed by atoms with Gasteiger partial charge in [0.2, 0.25) is 11.5 Å². The van der Waals surface area contributed by atoms with Crippen molar-refractivity contribution < 1.29 is 29.8 Å². The number of hydrogen-bond donors (Lipinski definition) is 5. The SMILES string of the molecule is CCn1nc(C)cc1C(=O)N=c1n(C)c2cc(C=O)cc(OC)c2n1C/C=C/CNc1ccc(C(N)=O)cc1[NH2+]O.CN. The first kappa shape index (κ1) is 32.5. The van der Waals surface area contributed by atoms with Crippen LogP contribution >= 0.6 is 0 Å². The number of ether oxygens (including phenoxy) is 1. The molecular formula is C29H38N9O5+. The molecule has 0 bridgehead atoms. The maximum Gasteiger partial charge on any atom is 0.298 e. The number of fused-ring (bicyclic) bond motifs is 1. The number of anilines is 1. The fourth-order valence-electron chi connectivity index (χ4n) is 4.58. The molecule has 0 aliphatic heterocycles. The van der Waals surface area contributed by atoms with E-state index in [0.29, 0.717) is 70.4 Å². The van der Waals surface area contributed by atoms with Gasteiger partial charge in [-0.25, -0.2) is 5.21 Å². The Morgan fingerprint density at radius 1 is 1.19 bits per heavy atom. The van der Waals surface area contributed by atoms with Crippen molar-refractivity contribution >= 4 is 40.5 Å². The molecule has 0 unspecified atom stereocenters. The predicted octanol–water partition coefficient (Wildman–Crippen LogP) is 0.993. The number of quaternary nitrogens is 1. The molecular weight excluding hydrogens is 554 g/mol. The Labute approximate surface area is 248 Å². The van der Waals surface area contributed by atoms with Crippen molar-refractivity contribution in [2.75, 3.05) is 26.0 Å². The second-order valence-corrected chi connectivity index (χ2v) is 9.23. The van der Waals surface area contributed by atoms with Crippen molar-refractivity contribution in [1.82, 2.24) is 18.9 Å². The zero-order valence-corrected chi connectivity index (χ0v) is 24.9. The quantitative estimate of drug-likeness (QED) is 0.0734. The first-order valence-electron chi connectivity index (χ1n) is 13.5. The van der Waals surface area contributed by atoms with Crippen LogP contribution in [0.15, 0.2) is 53.5 Å². The lowest BCUT2D eigenvalue weighted by atomic mass is 10.1. The third-order valence-electron chi connectivity index (χ3n) is 6.57. The van der Waals surface area contributed by atoms with E-state index < -0.39 is 11.8 Å². The number of aromatic nitrogens is 4. The number of hydrogen-bond acceptors (Lipinski definition) is 8. The minimum atomic E-state index is -0.587. The third-order valence-corrected chi connectivity index (χ3v) is 6.57. The molecule has 0 aliphatic rings. The van der Waals surface area contributed by atoms with Crippen LogP contribution < -0.4 is 32.6 Å². The van der Waals surface area contributed by atoms with Crippen molar-refractivity contribution in [1.29, 1.82) is 0 Å². The number of carbonyl (C=O) groups is 3. The molecule has 14 nitrogen and oxygen atoms in total. The summed E-state index contributed by atoms with van der Waals surface area (Å²) in [5, 5.41) is 17.1. The number of imidazole rings is 1. The second-order valence-electron chi connectivity index (χ2n) is 9.23. The standard InChI is InChI=1S/C28H32N8O5.CH5N/c1-5-36-23(12-17(2)32-36)27(39)31-28-34(3)22-13-18(16-37)14-24(41-4)25(22)35(28)11-7-6-10-30-20-9-8-19(26(29)38)15-21(20)33-40;1-2/h6-9,12-16,30,33,40H,5,10-11H2,1-4H3,(H2,29,38);2H2,1H3/p+1/b7-6+,31-28?;. The molecule has 0 aliphatic carbocycles. The van der Waals surface area contributed by atoms with E-state index in [0.717, 1.165) is 11.8 Å². The second kappa shape index (κ2) is 14.7. The van der Waals surface area contributed by atoms with Gasteiger partial charge in [0, 0.05) is 43.9 Å². The van der Waals surface area contributed by atoms with Crippen molar-refractivity contribution in [2.24, 2.45) is 23.5 Å². The monoisotopic (exact) mass is 592 g/mol.